The van der Waals surface area contributed by atoms with Crippen LogP contribution in [0.3, 0.4) is 0 Å². The molecule has 108 valence electrons. The van der Waals surface area contributed by atoms with Crippen molar-refractivity contribution in [1.82, 2.24) is 9.97 Å². The molecular weight excluding hydrogens is 240 g/mol. The summed E-state index contributed by atoms with van der Waals surface area (Å²) in [6.45, 7) is 9.47. The van der Waals surface area contributed by atoms with E-state index in [0.717, 1.165) is 50.6 Å². The maximum Gasteiger partial charge on any atom is 0.134 e. The fourth-order valence-electron chi connectivity index (χ4n) is 1.83. The molecule has 2 N–H and O–H groups in total. The molecule has 0 amide bonds. The predicted octanol–water partition coefficient (Wildman–Crippen LogP) is 2.70. The third-order valence-corrected chi connectivity index (χ3v) is 2.73. The molecule has 0 bridgehead atoms. The number of anilines is 2. The van der Waals surface area contributed by atoms with Crippen LogP contribution in [0, 0.1) is 0 Å². The van der Waals surface area contributed by atoms with Gasteiger partial charge in [-0.25, -0.2) is 9.97 Å². The summed E-state index contributed by atoms with van der Waals surface area (Å²) in [6.07, 6.45) is 4.75. The first kappa shape index (κ1) is 15.7. The lowest BCUT2D eigenvalue weighted by molar-refractivity contribution is 0.158. The normalized spacial score (nSPS) is 10.5. The Labute approximate surface area is 116 Å². The molecule has 0 saturated heterocycles. The van der Waals surface area contributed by atoms with Crippen molar-refractivity contribution in [3.05, 3.63) is 11.9 Å². The van der Waals surface area contributed by atoms with Crippen molar-refractivity contribution < 1.29 is 4.74 Å². The molecule has 0 aliphatic heterocycles. The molecule has 0 unspecified atom stereocenters. The van der Waals surface area contributed by atoms with E-state index in [4.69, 9.17) is 4.74 Å². The summed E-state index contributed by atoms with van der Waals surface area (Å²) in [5, 5.41) is 6.70. The van der Waals surface area contributed by atoms with Crippen molar-refractivity contribution in [2.24, 2.45) is 0 Å². The number of rotatable bonds is 10. The van der Waals surface area contributed by atoms with Crippen LogP contribution in [0.1, 0.15) is 39.2 Å². The monoisotopic (exact) mass is 266 g/mol. The van der Waals surface area contributed by atoms with Gasteiger partial charge < -0.3 is 15.4 Å². The zero-order chi connectivity index (χ0) is 13.9. The van der Waals surface area contributed by atoms with E-state index in [1.54, 1.807) is 6.33 Å². The Morgan fingerprint density at radius 1 is 1.00 bits per heavy atom. The summed E-state index contributed by atoms with van der Waals surface area (Å²) in [5.74, 6) is 1.88. The first-order chi connectivity index (χ1) is 9.33. The summed E-state index contributed by atoms with van der Waals surface area (Å²) in [5.41, 5.74) is 1.18. The molecule has 0 atom stereocenters. The minimum absolute atomic E-state index is 0.698. The molecule has 0 radical (unpaired) electrons. The van der Waals surface area contributed by atoms with Gasteiger partial charge in [-0.2, -0.15) is 0 Å². The molecule has 5 heteroatoms. The largest absolute Gasteiger partial charge is 0.380 e. The van der Waals surface area contributed by atoms with Gasteiger partial charge in [0.05, 0.1) is 6.61 Å². The number of nitrogens with one attached hydrogen (secondary N) is 2. The van der Waals surface area contributed by atoms with Crippen molar-refractivity contribution in [2.45, 2.75) is 40.0 Å². The zero-order valence-corrected chi connectivity index (χ0v) is 12.3. The van der Waals surface area contributed by atoms with Crippen LogP contribution in [-0.2, 0) is 11.2 Å². The van der Waals surface area contributed by atoms with E-state index in [1.165, 1.54) is 5.56 Å². The van der Waals surface area contributed by atoms with E-state index in [9.17, 15) is 0 Å². The zero-order valence-electron chi connectivity index (χ0n) is 12.3. The smallest absolute Gasteiger partial charge is 0.134 e. The molecule has 0 aliphatic rings. The highest BCUT2D eigenvalue weighted by molar-refractivity contribution is 5.57. The van der Waals surface area contributed by atoms with Gasteiger partial charge in [-0.15, -0.1) is 0 Å². The second-order valence-corrected chi connectivity index (χ2v) is 4.35. The van der Waals surface area contributed by atoms with Crippen LogP contribution >= 0.6 is 0 Å². The van der Waals surface area contributed by atoms with Crippen molar-refractivity contribution >= 4 is 11.6 Å². The van der Waals surface area contributed by atoms with Gasteiger partial charge in [0, 0.05) is 25.3 Å². The van der Waals surface area contributed by atoms with Crippen LogP contribution in [0.15, 0.2) is 6.33 Å². The number of ether oxygens (including phenoxy) is 1. The van der Waals surface area contributed by atoms with E-state index < -0.39 is 0 Å². The SMILES string of the molecule is CCCNc1ncnc(NCCOCC)c1CCC. The van der Waals surface area contributed by atoms with Crippen LogP contribution in [0.25, 0.3) is 0 Å². The summed E-state index contributed by atoms with van der Waals surface area (Å²) < 4.78 is 5.33. The number of nitrogens with zero attached hydrogens (tertiary/aromatic N) is 2. The molecular formula is C14H26N4O. The Balaban J connectivity index is 2.71. The van der Waals surface area contributed by atoms with Crippen molar-refractivity contribution in [3.8, 4) is 0 Å². The van der Waals surface area contributed by atoms with E-state index in [-0.39, 0.29) is 0 Å². The highest BCUT2D eigenvalue weighted by Crippen LogP contribution is 2.21. The Hall–Kier alpha value is -1.36. The number of hydrogen-bond acceptors (Lipinski definition) is 5. The van der Waals surface area contributed by atoms with Crippen molar-refractivity contribution in [3.63, 3.8) is 0 Å². The molecule has 1 heterocycles. The van der Waals surface area contributed by atoms with E-state index >= 15 is 0 Å². The van der Waals surface area contributed by atoms with Gasteiger partial charge in [0.15, 0.2) is 0 Å². The molecule has 0 aliphatic carbocycles. The standard InChI is InChI=1S/C14H26N4O/c1-4-7-12-13(15-8-5-2)17-11-18-14(12)16-9-10-19-6-3/h11H,4-10H2,1-3H3,(H2,15,16,17,18). The highest BCUT2D eigenvalue weighted by Gasteiger charge is 2.09. The molecule has 0 spiro atoms. The van der Waals surface area contributed by atoms with E-state index in [2.05, 4.69) is 34.4 Å². The van der Waals surface area contributed by atoms with Crippen molar-refractivity contribution in [2.75, 3.05) is 36.9 Å². The lowest BCUT2D eigenvalue weighted by atomic mass is 10.1. The highest BCUT2D eigenvalue weighted by atomic mass is 16.5. The Kier molecular flexibility index (Phi) is 7.89. The van der Waals surface area contributed by atoms with Gasteiger partial charge in [-0.05, 0) is 19.8 Å². The van der Waals surface area contributed by atoms with Gasteiger partial charge in [0.1, 0.15) is 18.0 Å². The van der Waals surface area contributed by atoms with Crippen molar-refractivity contribution in [1.29, 1.82) is 0 Å². The number of aromatic nitrogens is 2. The summed E-state index contributed by atoms with van der Waals surface area (Å²) >= 11 is 0. The van der Waals surface area contributed by atoms with E-state index in [1.807, 2.05) is 6.92 Å². The van der Waals surface area contributed by atoms with Crippen LogP contribution in [0.5, 0.6) is 0 Å². The van der Waals surface area contributed by atoms with Crippen LogP contribution in [0.4, 0.5) is 11.6 Å². The Morgan fingerprint density at radius 2 is 1.68 bits per heavy atom. The minimum atomic E-state index is 0.698. The fraction of sp³-hybridized carbons (Fsp3) is 0.714. The fourth-order valence-corrected chi connectivity index (χ4v) is 1.83. The second-order valence-electron chi connectivity index (χ2n) is 4.35. The lowest BCUT2D eigenvalue weighted by Crippen LogP contribution is -2.14. The Morgan fingerprint density at radius 3 is 2.26 bits per heavy atom. The van der Waals surface area contributed by atoms with E-state index in [0.29, 0.717) is 6.61 Å². The van der Waals surface area contributed by atoms with Gasteiger partial charge in [0.2, 0.25) is 0 Å². The average molecular weight is 266 g/mol. The molecule has 1 aromatic heterocycles. The molecule has 1 rings (SSSR count). The quantitative estimate of drug-likeness (QED) is 0.638. The molecule has 0 saturated carbocycles. The van der Waals surface area contributed by atoms with Gasteiger partial charge in [0.25, 0.3) is 0 Å². The van der Waals surface area contributed by atoms with Crippen LogP contribution in [0.2, 0.25) is 0 Å². The summed E-state index contributed by atoms with van der Waals surface area (Å²) in [4.78, 5) is 8.69. The van der Waals surface area contributed by atoms with Gasteiger partial charge >= 0.3 is 0 Å². The molecule has 0 aromatic carbocycles. The third kappa shape index (κ3) is 5.42. The molecule has 1 aromatic rings. The first-order valence-electron chi connectivity index (χ1n) is 7.22. The molecule has 0 fully saturated rings. The topological polar surface area (TPSA) is 59.1 Å². The predicted molar refractivity (Wildman–Crippen MR) is 79.8 cm³/mol. The van der Waals surface area contributed by atoms with Crippen LogP contribution in [-0.4, -0.2) is 36.3 Å². The average Bonchev–Trinajstić information content (AvgIpc) is 2.43. The lowest BCUT2D eigenvalue weighted by Gasteiger charge is -2.14. The Bertz CT molecular complexity index is 357. The third-order valence-electron chi connectivity index (χ3n) is 2.73. The second kappa shape index (κ2) is 9.55. The summed E-state index contributed by atoms with van der Waals surface area (Å²) in [7, 11) is 0. The first-order valence-corrected chi connectivity index (χ1v) is 7.22. The van der Waals surface area contributed by atoms with Gasteiger partial charge in [-0.1, -0.05) is 20.3 Å². The number of hydrogen-bond donors (Lipinski definition) is 2. The van der Waals surface area contributed by atoms with Crippen LogP contribution < -0.4 is 10.6 Å². The maximum atomic E-state index is 5.33. The minimum Gasteiger partial charge on any atom is -0.380 e. The molecule has 5 nitrogen and oxygen atoms in total. The molecule has 19 heavy (non-hydrogen) atoms. The summed E-state index contributed by atoms with van der Waals surface area (Å²) in [6, 6.07) is 0. The van der Waals surface area contributed by atoms with Gasteiger partial charge in [-0.3, -0.25) is 0 Å². The maximum absolute atomic E-state index is 5.33.